The number of hydrogen-bond acceptors (Lipinski definition) is 2. The van der Waals surface area contributed by atoms with Crippen molar-refractivity contribution < 1.29 is 9.84 Å². The van der Waals surface area contributed by atoms with Crippen LogP contribution >= 0.6 is 69.6 Å². The number of hydrogen-bond donors (Lipinski definition) is 1. The van der Waals surface area contributed by atoms with Crippen LogP contribution in [0.5, 0.6) is 0 Å². The standard InChI is InChI=1S/C10H6Cl6O2/c11-6-7(12)9(14)2-1(3(17)5-4(2)18-5)8(6,13)10(9,15)16/h1-5,17H/t1-,2+,3+,4-,5+,8-,9+/m0/s1. The van der Waals surface area contributed by atoms with Gasteiger partial charge in [0, 0.05) is 11.8 Å². The molecule has 0 amide bonds. The molecule has 2 bridgehead atoms. The van der Waals surface area contributed by atoms with Gasteiger partial charge >= 0.3 is 0 Å². The Morgan fingerprint density at radius 2 is 1.39 bits per heavy atom. The van der Waals surface area contributed by atoms with Gasteiger partial charge in [0.25, 0.3) is 0 Å². The minimum absolute atomic E-state index is 0.132. The molecule has 7 atom stereocenters. The van der Waals surface area contributed by atoms with Gasteiger partial charge < -0.3 is 9.84 Å². The Hall–Kier alpha value is 1.40. The minimum Gasteiger partial charge on any atom is -0.390 e. The van der Waals surface area contributed by atoms with E-state index in [0.717, 1.165) is 0 Å². The Kier molecular flexibility index (Phi) is 2.36. The van der Waals surface area contributed by atoms with Gasteiger partial charge in [-0.05, 0) is 0 Å². The monoisotopic (exact) mass is 368 g/mol. The number of allylic oxidation sites excluding steroid dienone is 2. The molecule has 0 unspecified atom stereocenters. The third kappa shape index (κ3) is 0.972. The molecule has 0 radical (unpaired) electrons. The molecule has 1 saturated heterocycles. The maximum Gasteiger partial charge on any atom is 0.167 e. The zero-order valence-corrected chi connectivity index (χ0v) is 13.0. The lowest BCUT2D eigenvalue weighted by Gasteiger charge is -2.35. The highest BCUT2D eigenvalue weighted by Crippen LogP contribution is 2.80. The van der Waals surface area contributed by atoms with Gasteiger partial charge in [-0.15, -0.1) is 23.2 Å². The predicted octanol–water partition coefficient (Wildman–Crippen LogP) is 3.21. The molecule has 1 N–H and O–H groups in total. The first kappa shape index (κ1) is 13.1. The van der Waals surface area contributed by atoms with Crippen molar-refractivity contribution in [3.63, 3.8) is 0 Å². The topological polar surface area (TPSA) is 32.8 Å². The van der Waals surface area contributed by atoms with E-state index in [1.54, 1.807) is 0 Å². The number of aliphatic hydroxyl groups is 1. The molecule has 2 nitrogen and oxygen atoms in total. The summed E-state index contributed by atoms with van der Waals surface area (Å²) >= 11 is 38.3. The Bertz CT molecular complexity index is 479. The second-order valence-corrected chi connectivity index (χ2v) is 8.51. The van der Waals surface area contributed by atoms with E-state index in [-0.39, 0.29) is 28.2 Å². The second kappa shape index (κ2) is 3.25. The number of fused-ring (bicyclic) bond motifs is 7. The van der Waals surface area contributed by atoms with Crippen LogP contribution in [0.2, 0.25) is 0 Å². The van der Waals surface area contributed by atoms with Gasteiger partial charge in [0.1, 0.15) is 15.9 Å². The number of halogens is 6. The molecule has 1 aliphatic heterocycles. The molecule has 0 spiro atoms. The zero-order valence-electron chi connectivity index (χ0n) is 8.51. The minimum atomic E-state index is -1.58. The molecule has 4 aliphatic rings. The fraction of sp³-hybridized carbons (Fsp3) is 0.800. The maximum atomic E-state index is 10.2. The van der Waals surface area contributed by atoms with Crippen molar-refractivity contribution in [1.29, 1.82) is 0 Å². The van der Waals surface area contributed by atoms with Crippen molar-refractivity contribution >= 4 is 69.6 Å². The van der Waals surface area contributed by atoms with Gasteiger partial charge in [-0.2, -0.15) is 0 Å². The summed E-state index contributed by atoms with van der Waals surface area (Å²) in [6.07, 6.45) is -1.26. The summed E-state index contributed by atoms with van der Waals surface area (Å²) in [5.74, 6) is -0.785. The van der Waals surface area contributed by atoms with Gasteiger partial charge in [-0.3, -0.25) is 0 Å². The average Bonchev–Trinajstić information content (AvgIpc) is 2.98. The number of alkyl halides is 4. The smallest absolute Gasteiger partial charge is 0.167 e. The Morgan fingerprint density at radius 3 is 1.94 bits per heavy atom. The molecule has 3 fully saturated rings. The molecule has 8 heteroatoms. The van der Waals surface area contributed by atoms with Gasteiger partial charge in [0.15, 0.2) is 4.33 Å². The Morgan fingerprint density at radius 1 is 0.889 bits per heavy atom. The van der Waals surface area contributed by atoms with Crippen LogP contribution in [0, 0.1) is 11.8 Å². The highest BCUT2D eigenvalue weighted by molar-refractivity contribution is 6.65. The van der Waals surface area contributed by atoms with Crippen LogP contribution in [0.1, 0.15) is 0 Å². The largest absolute Gasteiger partial charge is 0.390 e. The highest BCUT2D eigenvalue weighted by Gasteiger charge is 2.89. The van der Waals surface area contributed by atoms with Crippen LogP contribution in [0.15, 0.2) is 10.1 Å². The summed E-state index contributed by atoms with van der Waals surface area (Å²) in [4.78, 5) is -2.67. The van der Waals surface area contributed by atoms with Crippen molar-refractivity contribution in [1.82, 2.24) is 0 Å². The third-order valence-electron chi connectivity index (χ3n) is 4.67. The van der Waals surface area contributed by atoms with Crippen LogP contribution in [-0.4, -0.2) is 37.5 Å². The number of rotatable bonds is 0. The lowest BCUT2D eigenvalue weighted by atomic mass is 9.83. The zero-order chi connectivity index (χ0) is 13.2. The molecule has 18 heavy (non-hydrogen) atoms. The van der Waals surface area contributed by atoms with Gasteiger partial charge in [0.05, 0.1) is 22.3 Å². The fourth-order valence-corrected chi connectivity index (χ4v) is 6.91. The molecular formula is C10H6Cl6O2. The number of epoxide rings is 1. The van der Waals surface area contributed by atoms with E-state index in [4.69, 9.17) is 74.3 Å². The van der Waals surface area contributed by atoms with E-state index in [2.05, 4.69) is 0 Å². The molecule has 2 saturated carbocycles. The highest BCUT2D eigenvalue weighted by atomic mass is 35.5. The quantitative estimate of drug-likeness (QED) is 0.524. The maximum absolute atomic E-state index is 10.2. The molecule has 3 aliphatic carbocycles. The van der Waals surface area contributed by atoms with E-state index < -0.39 is 26.1 Å². The molecule has 1 heterocycles. The van der Waals surface area contributed by atoms with Crippen LogP contribution in [0.3, 0.4) is 0 Å². The summed E-state index contributed by atoms with van der Waals surface area (Å²) in [6, 6.07) is 0. The van der Waals surface area contributed by atoms with Crippen LogP contribution in [0.4, 0.5) is 0 Å². The van der Waals surface area contributed by atoms with Gasteiger partial charge in [-0.1, -0.05) is 46.4 Å². The number of aliphatic hydroxyl groups excluding tert-OH is 1. The molecule has 0 aromatic carbocycles. The molecule has 4 rings (SSSR count). The van der Waals surface area contributed by atoms with E-state index in [1.807, 2.05) is 0 Å². The van der Waals surface area contributed by atoms with E-state index in [0.29, 0.717) is 0 Å². The van der Waals surface area contributed by atoms with Crippen molar-refractivity contribution in [2.45, 2.75) is 32.4 Å². The van der Waals surface area contributed by atoms with Gasteiger partial charge in [-0.25, -0.2) is 0 Å². The average molecular weight is 371 g/mol. The summed E-state index contributed by atoms with van der Waals surface area (Å²) in [5.41, 5.74) is 0. The van der Waals surface area contributed by atoms with E-state index in [1.165, 1.54) is 0 Å². The van der Waals surface area contributed by atoms with Crippen LogP contribution < -0.4 is 0 Å². The lowest BCUT2D eigenvalue weighted by Crippen LogP contribution is -2.47. The van der Waals surface area contributed by atoms with Crippen molar-refractivity contribution in [3.8, 4) is 0 Å². The fourth-order valence-electron chi connectivity index (χ4n) is 3.85. The van der Waals surface area contributed by atoms with Crippen molar-refractivity contribution in [2.75, 3.05) is 0 Å². The Balaban J connectivity index is 2.01. The summed E-state index contributed by atoms with van der Waals surface area (Å²) < 4.78 is 3.81. The van der Waals surface area contributed by atoms with Crippen LogP contribution in [-0.2, 0) is 4.74 Å². The van der Waals surface area contributed by atoms with Gasteiger partial charge in [0.2, 0.25) is 0 Å². The van der Waals surface area contributed by atoms with Crippen LogP contribution in [0.25, 0.3) is 0 Å². The molecule has 100 valence electrons. The SMILES string of the molecule is O[C@H]1[C@H]2O[C@H]2[C@H]2[C@@H]1[C@]1(Cl)C(Cl)=C(Cl)[C@@]2(Cl)C1(Cl)Cl. The molecule has 0 aromatic heterocycles. The normalized spacial score (nSPS) is 63.2. The molecular weight excluding hydrogens is 365 g/mol. The predicted molar refractivity (Wildman–Crippen MR) is 72.0 cm³/mol. The summed E-state index contributed by atoms with van der Waals surface area (Å²) in [5, 5.41) is 10.5. The van der Waals surface area contributed by atoms with E-state index >= 15 is 0 Å². The summed E-state index contributed by atoms with van der Waals surface area (Å²) in [6.45, 7) is 0. The first-order valence-corrected chi connectivity index (χ1v) is 7.63. The van der Waals surface area contributed by atoms with Crippen molar-refractivity contribution in [3.05, 3.63) is 10.1 Å². The lowest BCUT2D eigenvalue weighted by molar-refractivity contribution is 0.0415. The third-order valence-corrected chi connectivity index (χ3v) is 8.96. The first-order valence-electron chi connectivity index (χ1n) is 5.36. The summed E-state index contributed by atoms with van der Waals surface area (Å²) in [7, 11) is 0. The second-order valence-electron chi connectivity index (χ2n) is 5.23. The number of ether oxygens (including phenoxy) is 1. The van der Waals surface area contributed by atoms with E-state index in [9.17, 15) is 5.11 Å². The first-order chi connectivity index (χ1) is 8.20. The van der Waals surface area contributed by atoms with Crippen molar-refractivity contribution in [2.24, 2.45) is 11.8 Å². The molecule has 0 aromatic rings. The Labute approximate surface area is 133 Å².